The van der Waals surface area contributed by atoms with Crippen molar-refractivity contribution in [3.05, 3.63) is 34.3 Å². The lowest BCUT2D eigenvalue weighted by molar-refractivity contribution is -0.152. The molecule has 4 heterocycles. The van der Waals surface area contributed by atoms with E-state index in [1.807, 2.05) is 23.8 Å². The van der Waals surface area contributed by atoms with Crippen LogP contribution in [0.25, 0.3) is 0 Å². The number of likely N-dealkylation sites (N-methyl/N-ethyl adjacent to an activating group) is 1. The van der Waals surface area contributed by atoms with Crippen molar-refractivity contribution in [3.8, 4) is 0 Å². The predicted octanol–water partition coefficient (Wildman–Crippen LogP) is 1.69. The van der Waals surface area contributed by atoms with E-state index in [0.717, 1.165) is 23.8 Å². The second kappa shape index (κ2) is 7.12. The molecule has 2 aliphatic heterocycles. The fraction of sp³-hybridized carbons (Fsp3) is 0.556. The van der Waals surface area contributed by atoms with Crippen LogP contribution >= 0.6 is 11.3 Å². The first-order valence-electron chi connectivity index (χ1n) is 9.12. The topological polar surface area (TPSA) is 65.5 Å². The molecule has 0 N–H and O–H groups in total. The van der Waals surface area contributed by atoms with Crippen LogP contribution in [0.1, 0.15) is 23.5 Å². The molecule has 0 bridgehead atoms. The Morgan fingerprint density at radius 3 is 2.52 bits per heavy atom. The van der Waals surface area contributed by atoms with Gasteiger partial charge in [0.15, 0.2) is 5.82 Å². The average Bonchev–Trinajstić information content (AvgIpc) is 3.09. The van der Waals surface area contributed by atoms with Crippen LogP contribution in [-0.2, 0) is 11.3 Å². The maximum Gasteiger partial charge on any atom is 0.243 e. The van der Waals surface area contributed by atoms with Crippen LogP contribution in [0, 0.1) is 12.7 Å². The van der Waals surface area contributed by atoms with Crippen LogP contribution < -0.4 is 4.90 Å². The van der Waals surface area contributed by atoms with Crippen LogP contribution in [0.15, 0.2) is 17.8 Å². The SMILES string of the molecule is Cc1nc(CN2CCN(C)C(=O)C23CCN(c2ncc(F)cn2)CC3)cs1. The van der Waals surface area contributed by atoms with Crippen LogP contribution in [0.3, 0.4) is 0 Å². The largest absolute Gasteiger partial charge is 0.343 e. The maximum atomic E-state index is 13.2. The van der Waals surface area contributed by atoms with E-state index in [4.69, 9.17) is 0 Å². The second-order valence-electron chi connectivity index (χ2n) is 7.23. The van der Waals surface area contributed by atoms with Gasteiger partial charge in [0, 0.05) is 45.2 Å². The highest BCUT2D eigenvalue weighted by molar-refractivity contribution is 7.09. The van der Waals surface area contributed by atoms with Crippen molar-refractivity contribution < 1.29 is 9.18 Å². The third-order valence-electron chi connectivity index (χ3n) is 5.56. The molecule has 0 atom stereocenters. The zero-order valence-corrected chi connectivity index (χ0v) is 16.4. The number of hydrogen-bond donors (Lipinski definition) is 0. The quantitative estimate of drug-likeness (QED) is 0.795. The van der Waals surface area contributed by atoms with Gasteiger partial charge >= 0.3 is 0 Å². The number of piperazine rings is 1. The first-order valence-corrected chi connectivity index (χ1v) is 10.00. The zero-order chi connectivity index (χ0) is 19.0. The molecule has 0 radical (unpaired) electrons. The Hall–Kier alpha value is -2.13. The Labute approximate surface area is 161 Å². The monoisotopic (exact) mass is 390 g/mol. The minimum atomic E-state index is -0.513. The predicted molar refractivity (Wildman–Crippen MR) is 101 cm³/mol. The molecule has 1 spiro atoms. The number of amides is 1. The van der Waals surface area contributed by atoms with E-state index in [2.05, 4.69) is 25.2 Å². The van der Waals surface area contributed by atoms with Gasteiger partial charge in [-0.3, -0.25) is 9.69 Å². The van der Waals surface area contributed by atoms with Gasteiger partial charge in [-0.15, -0.1) is 11.3 Å². The summed E-state index contributed by atoms with van der Waals surface area (Å²) in [7, 11) is 1.88. The molecular formula is C18H23FN6OS. The molecule has 2 saturated heterocycles. The molecule has 27 heavy (non-hydrogen) atoms. The number of aromatic nitrogens is 3. The highest BCUT2D eigenvalue weighted by atomic mass is 32.1. The number of aryl methyl sites for hydroxylation is 1. The second-order valence-corrected chi connectivity index (χ2v) is 8.29. The van der Waals surface area contributed by atoms with Gasteiger partial charge in [-0.25, -0.2) is 19.3 Å². The normalized spacial score (nSPS) is 20.5. The number of anilines is 1. The van der Waals surface area contributed by atoms with Gasteiger partial charge in [-0.05, 0) is 19.8 Å². The molecule has 0 aromatic carbocycles. The first-order chi connectivity index (χ1) is 13.0. The molecule has 9 heteroatoms. The van der Waals surface area contributed by atoms with Crippen molar-refractivity contribution in [2.24, 2.45) is 0 Å². The smallest absolute Gasteiger partial charge is 0.243 e. The summed E-state index contributed by atoms with van der Waals surface area (Å²) in [5.74, 6) is 0.256. The summed E-state index contributed by atoms with van der Waals surface area (Å²) in [6.45, 7) is 5.59. The molecule has 2 aliphatic rings. The average molecular weight is 390 g/mol. The summed E-state index contributed by atoms with van der Waals surface area (Å²) in [6, 6.07) is 0. The van der Waals surface area contributed by atoms with Crippen molar-refractivity contribution >= 4 is 23.2 Å². The molecule has 2 aromatic heterocycles. The molecule has 7 nitrogen and oxygen atoms in total. The van der Waals surface area contributed by atoms with E-state index in [1.54, 1.807) is 11.3 Å². The Morgan fingerprint density at radius 1 is 1.19 bits per heavy atom. The number of nitrogens with zero attached hydrogens (tertiary/aromatic N) is 6. The Bertz CT molecular complexity index is 818. The first kappa shape index (κ1) is 18.2. The molecule has 0 saturated carbocycles. The standard InChI is InChI=1S/C18H23FN6OS/c1-13-22-15(12-27-13)11-25-8-7-23(2)16(26)18(25)3-5-24(6-4-18)17-20-9-14(19)10-21-17/h9-10,12H,3-8,11H2,1-2H3. The van der Waals surface area contributed by atoms with Crippen LogP contribution in [0.5, 0.6) is 0 Å². The molecule has 144 valence electrons. The maximum absolute atomic E-state index is 13.2. The van der Waals surface area contributed by atoms with Crippen molar-refractivity contribution in [3.63, 3.8) is 0 Å². The van der Waals surface area contributed by atoms with Crippen molar-refractivity contribution in [1.82, 2.24) is 24.8 Å². The van der Waals surface area contributed by atoms with Gasteiger partial charge in [0.05, 0.1) is 23.1 Å². The van der Waals surface area contributed by atoms with Crippen LogP contribution in [0.4, 0.5) is 10.3 Å². The number of hydrogen-bond acceptors (Lipinski definition) is 7. The number of halogens is 1. The van der Waals surface area contributed by atoms with E-state index in [1.165, 1.54) is 12.4 Å². The lowest BCUT2D eigenvalue weighted by Gasteiger charge is -2.52. The fourth-order valence-corrected chi connectivity index (χ4v) is 4.66. The van der Waals surface area contributed by atoms with E-state index in [-0.39, 0.29) is 5.91 Å². The van der Waals surface area contributed by atoms with E-state index in [0.29, 0.717) is 38.4 Å². The van der Waals surface area contributed by atoms with Gasteiger partial charge in [-0.2, -0.15) is 0 Å². The zero-order valence-electron chi connectivity index (χ0n) is 15.6. The summed E-state index contributed by atoms with van der Waals surface area (Å²) < 4.78 is 13.1. The molecule has 0 unspecified atom stereocenters. The summed E-state index contributed by atoms with van der Waals surface area (Å²) in [4.78, 5) is 32.1. The fourth-order valence-electron chi connectivity index (χ4n) is 4.06. The van der Waals surface area contributed by atoms with Crippen molar-refractivity contribution in [1.29, 1.82) is 0 Å². The number of carbonyl (C=O) groups is 1. The van der Waals surface area contributed by atoms with E-state index >= 15 is 0 Å². The van der Waals surface area contributed by atoms with E-state index in [9.17, 15) is 9.18 Å². The minimum Gasteiger partial charge on any atom is -0.343 e. The van der Waals surface area contributed by atoms with Gasteiger partial charge in [0.1, 0.15) is 5.54 Å². The highest BCUT2D eigenvalue weighted by Gasteiger charge is 2.50. The third kappa shape index (κ3) is 3.41. The van der Waals surface area contributed by atoms with Crippen molar-refractivity contribution in [2.45, 2.75) is 31.8 Å². The summed E-state index contributed by atoms with van der Waals surface area (Å²) >= 11 is 1.64. The van der Waals surface area contributed by atoms with Gasteiger partial charge in [0.25, 0.3) is 0 Å². The lowest BCUT2D eigenvalue weighted by atomic mass is 9.82. The number of rotatable bonds is 3. The van der Waals surface area contributed by atoms with Gasteiger partial charge < -0.3 is 9.80 Å². The minimum absolute atomic E-state index is 0.181. The number of piperidine rings is 1. The molecule has 2 aromatic rings. The van der Waals surface area contributed by atoms with Crippen LogP contribution in [0.2, 0.25) is 0 Å². The summed E-state index contributed by atoms with van der Waals surface area (Å²) in [6.07, 6.45) is 3.76. The third-order valence-corrected chi connectivity index (χ3v) is 6.38. The van der Waals surface area contributed by atoms with Gasteiger partial charge in [-0.1, -0.05) is 0 Å². The summed E-state index contributed by atoms with van der Waals surface area (Å²) in [5.41, 5.74) is 0.514. The molecule has 0 aliphatic carbocycles. The molecule has 1 amide bonds. The molecular weight excluding hydrogens is 367 g/mol. The van der Waals surface area contributed by atoms with Crippen LogP contribution in [-0.4, -0.2) is 69.4 Å². The molecule has 2 fully saturated rings. The summed E-state index contributed by atoms with van der Waals surface area (Å²) in [5, 5.41) is 3.12. The molecule has 4 rings (SSSR count). The van der Waals surface area contributed by atoms with Crippen molar-refractivity contribution in [2.75, 3.05) is 38.1 Å². The Morgan fingerprint density at radius 2 is 1.89 bits per heavy atom. The Balaban J connectivity index is 1.54. The lowest BCUT2D eigenvalue weighted by Crippen LogP contribution is -2.67. The highest BCUT2D eigenvalue weighted by Crippen LogP contribution is 2.35. The Kier molecular flexibility index (Phi) is 4.81. The van der Waals surface area contributed by atoms with Gasteiger partial charge in [0.2, 0.25) is 11.9 Å². The number of carbonyl (C=O) groups excluding carboxylic acids is 1. The number of thiazole rings is 1. The van der Waals surface area contributed by atoms with E-state index < -0.39 is 11.4 Å².